The Morgan fingerprint density at radius 1 is 1.12 bits per heavy atom. The molecule has 1 saturated carbocycles. The van der Waals surface area contributed by atoms with Gasteiger partial charge in [-0.2, -0.15) is 0 Å². The van der Waals surface area contributed by atoms with E-state index >= 15 is 0 Å². The second kappa shape index (κ2) is 7.16. The molecule has 0 radical (unpaired) electrons. The van der Waals surface area contributed by atoms with E-state index in [4.69, 9.17) is 0 Å². The van der Waals surface area contributed by atoms with Crippen LogP contribution < -0.4 is 5.32 Å². The molecule has 1 atom stereocenters. The maximum atomic E-state index is 13.9. The van der Waals surface area contributed by atoms with Crippen molar-refractivity contribution >= 4 is 5.97 Å². The lowest BCUT2D eigenvalue weighted by Crippen LogP contribution is -2.56. The Labute approximate surface area is 152 Å². The lowest BCUT2D eigenvalue weighted by atomic mass is 9.80. The molecule has 2 aromatic rings. The summed E-state index contributed by atoms with van der Waals surface area (Å²) in [6, 6.07) is 8.77. The van der Waals surface area contributed by atoms with Crippen LogP contribution in [0, 0.1) is 25.5 Å². The first-order valence-corrected chi connectivity index (χ1v) is 8.84. The first-order valence-electron chi connectivity index (χ1n) is 8.84. The molecule has 3 rings (SSSR count). The zero-order chi connectivity index (χ0) is 18.9. The number of carbonyl (C=O) groups is 1. The van der Waals surface area contributed by atoms with Gasteiger partial charge in [-0.3, -0.25) is 5.32 Å². The van der Waals surface area contributed by atoms with Gasteiger partial charge in [0.15, 0.2) is 0 Å². The lowest BCUT2D eigenvalue weighted by molar-refractivity contribution is -0.146. The van der Waals surface area contributed by atoms with Gasteiger partial charge in [0.05, 0.1) is 0 Å². The van der Waals surface area contributed by atoms with Gasteiger partial charge in [-0.15, -0.1) is 0 Å². The van der Waals surface area contributed by atoms with Crippen molar-refractivity contribution in [2.45, 2.75) is 51.1 Å². The Hall–Kier alpha value is -2.27. The van der Waals surface area contributed by atoms with Crippen LogP contribution in [0.5, 0.6) is 0 Å². The maximum Gasteiger partial charge on any atom is 0.328 e. The number of carboxylic acids is 1. The topological polar surface area (TPSA) is 49.3 Å². The predicted octanol–water partition coefficient (Wildman–Crippen LogP) is 4.25. The zero-order valence-electron chi connectivity index (χ0n) is 15.0. The van der Waals surface area contributed by atoms with Gasteiger partial charge < -0.3 is 5.11 Å². The molecule has 0 spiro atoms. The van der Waals surface area contributed by atoms with Gasteiger partial charge in [-0.1, -0.05) is 24.6 Å². The van der Waals surface area contributed by atoms with Crippen LogP contribution in [0.25, 0.3) is 0 Å². The van der Waals surface area contributed by atoms with Crippen molar-refractivity contribution in [3.05, 3.63) is 70.3 Å². The van der Waals surface area contributed by atoms with Gasteiger partial charge >= 0.3 is 5.97 Å². The van der Waals surface area contributed by atoms with Gasteiger partial charge in [0.25, 0.3) is 0 Å². The van der Waals surface area contributed by atoms with Gasteiger partial charge in [0.2, 0.25) is 0 Å². The predicted molar refractivity (Wildman–Crippen MR) is 96.1 cm³/mol. The van der Waals surface area contributed by atoms with Crippen molar-refractivity contribution < 1.29 is 18.7 Å². The molecule has 26 heavy (non-hydrogen) atoms. The molecule has 1 aliphatic rings. The van der Waals surface area contributed by atoms with Crippen molar-refractivity contribution in [1.82, 2.24) is 5.32 Å². The average molecular weight is 359 g/mol. The summed E-state index contributed by atoms with van der Waals surface area (Å²) in [5.41, 5.74) is 1.50. The molecule has 0 heterocycles. The summed E-state index contributed by atoms with van der Waals surface area (Å²) in [7, 11) is 0. The summed E-state index contributed by atoms with van der Waals surface area (Å²) in [5.74, 6) is -2.69. The number of halogens is 2. The van der Waals surface area contributed by atoms with E-state index in [2.05, 4.69) is 5.32 Å². The Balaban J connectivity index is 2.09. The third kappa shape index (κ3) is 3.63. The standard InChI is InChI=1S/C21H23F2NO2/c1-13-6-7-15(8-14(13)2)12-21(20(25)26,24-19-4-3-5-19)16-9-17(22)11-18(23)10-16/h6-11,19,24H,3-5,12H2,1-2H3,(H,25,26). The molecule has 138 valence electrons. The van der Waals surface area contributed by atoms with Gasteiger partial charge in [0.1, 0.15) is 17.2 Å². The van der Waals surface area contributed by atoms with E-state index in [1.54, 1.807) is 0 Å². The monoisotopic (exact) mass is 359 g/mol. The highest BCUT2D eigenvalue weighted by atomic mass is 19.1. The first-order chi connectivity index (χ1) is 12.3. The zero-order valence-corrected chi connectivity index (χ0v) is 15.0. The number of hydrogen-bond acceptors (Lipinski definition) is 2. The van der Waals surface area contributed by atoms with Gasteiger partial charge in [-0.25, -0.2) is 13.6 Å². The van der Waals surface area contributed by atoms with E-state index in [1.165, 1.54) is 0 Å². The molecule has 2 N–H and O–H groups in total. The second-order valence-corrected chi connectivity index (χ2v) is 7.24. The smallest absolute Gasteiger partial charge is 0.328 e. The Morgan fingerprint density at radius 2 is 1.77 bits per heavy atom. The van der Waals surface area contributed by atoms with Crippen LogP contribution in [0.15, 0.2) is 36.4 Å². The highest BCUT2D eigenvalue weighted by Gasteiger charge is 2.43. The van der Waals surface area contributed by atoms with Crippen molar-refractivity contribution in [3.63, 3.8) is 0 Å². The van der Waals surface area contributed by atoms with Crippen molar-refractivity contribution in [3.8, 4) is 0 Å². The number of carboxylic acid groups (broad SMARTS) is 1. The Kier molecular flexibility index (Phi) is 5.10. The lowest BCUT2D eigenvalue weighted by Gasteiger charge is -2.39. The largest absolute Gasteiger partial charge is 0.480 e. The summed E-state index contributed by atoms with van der Waals surface area (Å²) in [4.78, 5) is 12.4. The van der Waals surface area contributed by atoms with Crippen LogP contribution in [0.4, 0.5) is 8.78 Å². The quantitative estimate of drug-likeness (QED) is 0.811. The van der Waals surface area contributed by atoms with Gasteiger partial charge in [-0.05, 0) is 61.1 Å². The summed E-state index contributed by atoms with van der Waals surface area (Å²) in [5, 5.41) is 13.3. The van der Waals surface area contributed by atoms with Crippen LogP contribution in [0.1, 0.15) is 41.5 Å². The minimum Gasteiger partial charge on any atom is -0.480 e. The number of benzene rings is 2. The van der Waals surface area contributed by atoms with E-state index in [9.17, 15) is 18.7 Å². The number of aliphatic carboxylic acids is 1. The molecule has 5 heteroatoms. The fourth-order valence-electron chi connectivity index (χ4n) is 3.42. The normalized spacial score (nSPS) is 16.8. The van der Waals surface area contributed by atoms with E-state index in [1.807, 2.05) is 32.0 Å². The minimum atomic E-state index is -1.57. The van der Waals surface area contributed by atoms with Crippen molar-refractivity contribution in [2.75, 3.05) is 0 Å². The first kappa shape index (κ1) is 18.5. The van der Waals surface area contributed by atoms with Crippen LogP contribution in [0.2, 0.25) is 0 Å². The molecule has 1 fully saturated rings. The Bertz CT molecular complexity index is 813. The molecular formula is C21H23F2NO2. The molecule has 1 aliphatic carbocycles. The molecule has 2 aromatic carbocycles. The van der Waals surface area contributed by atoms with Crippen molar-refractivity contribution in [1.29, 1.82) is 0 Å². The molecular weight excluding hydrogens is 336 g/mol. The average Bonchev–Trinajstić information content (AvgIpc) is 2.52. The van der Waals surface area contributed by atoms with Crippen LogP contribution in [-0.2, 0) is 16.8 Å². The van der Waals surface area contributed by atoms with E-state index in [0.29, 0.717) is 0 Å². The molecule has 0 aromatic heterocycles. The van der Waals surface area contributed by atoms with E-state index < -0.39 is 23.1 Å². The van der Waals surface area contributed by atoms with Crippen molar-refractivity contribution in [2.24, 2.45) is 0 Å². The van der Waals surface area contributed by atoms with Crippen LogP contribution >= 0.6 is 0 Å². The summed E-state index contributed by atoms with van der Waals surface area (Å²) in [6.07, 6.45) is 2.86. The molecule has 0 saturated heterocycles. The second-order valence-electron chi connectivity index (χ2n) is 7.24. The molecule has 1 unspecified atom stereocenters. The molecule has 0 amide bonds. The third-order valence-electron chi connectivity index (χ3n) is 5.32. The fourth-order valence-corrected chi connectivity index (χ4v) is 3.42. The number of aryl methyl sites for hydroxylation is 2. The van der Waals surface area contributed by atoms with Crippen LogP contribution in [0.3, 0.4) is 0 Å². The summed E-state index contributed by atoms with van der Waals surface area (Å²) in [6.45, 7) is 3.95. The minimum absolute atomic E-state index is 0.0315. The van der Waals surface area contributed by atoms with E-state index in [-0.39, 0.29) is 18.0 Å². The SMILES string of the molecule is Cc1ccc(CC(NC2CCC2)(C(=O)O)c2cc(F)cc(F)c2)cc1C. The summed E-state index contributed by atoms with van der Waals surface area (Å²) < 4.78 is 27.7. The maximum absolute atomic E-state index is 13.9. The summed E-state index contributed by atoms with van der Waals surface area (Å²) >= 11 is 0. The van der Waals surface area contributed by atoms with Crippen LogP contribution in [-0.4, -0.2) is 17.1 Å². The fraction of sp³-hybridized carbons (Fsp3) is 0.381. The molecule has 0 bridgehead atoms. The highest BCUT2D eigenvalue weighted by Crippen LogP contribution is 2.32. The number of hydrogen-bond donors (Lipinski definition) is 2. The molecule has 0 aliphatic heterocycles. The van der Waals surface area contributed by atoms with Gasteiger partial charge in [0, 0.05) is 18.5 Å². The molecule has 3 nitrogen and oxygen atoms in total. The van der Waals surface area contributed by atoms with E-state index in [0.717, 1.165) is 54.2 Å². The Morgan fingerprint density at radius 3 is 2.27 bits per heavy atom. The third-order valence-corrected chi connectivity index (χ3v) is 5.32. The number of rotatable bonds is 6. The number of nitrogens with one attached hydrogen (secondary N) is 1. The highest BCUT2D eigenvalue weighted by molar-refractivity contribution is 5.81.